The van der Waals surface area contributed by atoms with Crippen molar-refractivity contribution >= 4 is 17.8 Å². The van der Waals surface area contributed by atoms with E-state index in [0.29, 0.717) is 0 Å². The lowest BCUT2D eigenvalue weighted by Gasteiger charge is -2.14. The molecule has 0 saturated carbocycles. The number of esters is 1. The van der Waals surface area contributed by atoms with Crippen molar-refractivity contribution in [1.29, 1.82) is 0 Å². The monoisotopic (exact) mass is 459 g/mol. The van der Waals surface area contributed by atoms with E-state index in [1.54, 1.807) is 6.08 Å². The lowest BCUT2D eigenvalue weighted by molar-refractivity contribution is -0.145. The van der Waals surface area contributed by atoms with Crippen LogP contribution in [0.4, 0.5) is 4.79 Å². The second-order valence-electron chi connectivity index (χ2n) is 8.29. The molecule has 0 aliphatic carbocycles. The molecule has 0 saturated heterocycles. The molecule has 0 aliphatic heterocycles. The molecule has 0 bridgehead atoms. The first-order valence-electron chi connectivity index (χ1n) is 12.3. The van der Waals surface area contributed by atoms with Crippen LogP contribution in [-0.4, -0.2) is 31.0 Å². The van der Waals surface area contributed by atoms with Gasteiger partial charge in [-0.2, -0.15) is 0 Å². The van der Waals surface area contributed by atoms with Crippen LogP contribution in [0.3, 0.4) is 0 Å². The number of carbonyl (C=O) groups is 3. The summed E-state index contributed by atoms with van der Waals surface area (Å²) in [5.74, 6) is -1.35. The summed E-state index contributed by atoms with van der Waals surface area (Å²) in [6, 6.07) is 7.74. The second kappa shape index (κ2) is 18.9. The lowest BCUT2D eigenvalue weighted by Crippen LogP contribution is -2.46. The second-order valence-corrected chi connectivity index (χ2v) is 8.29. The van der Waals surface area contributed by atoms with E-state index in [9.17, 15) is 14.4 Å². The largest absolute Gasteiger partial charge is 0.467 e. The van der Waals surface area contributed by atoms with Gasteiger partial charge in [-0.15, -0.1) is 0 Å². The fourth-order valence-electron chi connectivity index (χ4n) is 3.47. The van der Waals surface area contributed by atoms with Gasteiger partial charge in [0.05, 0.1) is 7.11 Å². The molecule has 33 heavy (non-hydrogen) atoms. The molecule has 0 radical (unpaired) electrons. The van der Waals surface area contributed by atoms with Crippen molar-refractivity contribution in [3.05, 3.63) is 48.0 Å². The van der Waals surface area contributed by atoms with Crippen LogP contribution in [0.5, 0.6) is 0 Å². The highest BCUT2D eigenvalue weighted by Crippen LogP contribution is 2.12. The average Bonchev–Trinajstić information content (AvgIpc) is 2.84. The summed E-state index contributed by atoms with van der Waals surface area (Å²) in [4.78, 5) is 36.4. The van der Waals surface area contributed by atoms with Gasteiger partial charge in [0.1, 0.15) is 6.61 Å². The SMILES string of the molecule is CCCCCCCCCCCCC/C=C/C(=O)C(NC(=O)OCc1ccccc1)C(=O)OC. The van der Waals surface area contributed by atoms with Crippen LogP contribution >= 0.6 is 0 Å². The molecule has 1 rings (SSSR count). The number of ketones is 1. The highest BCUT2D eigenvalue weighted by atomic mass is 16.6. The molecule has 184 valence electrons. The predicted molar refractivity (Wildman–Crippen MR) is 131 cm³/mol. The van der Waals surface area contributed by atoms with Gasteiger partial charge < -0.3 is 14.8 Å². The Morgan fingerprint density at radius 2 is 1.45 bits per heavy atom. The number of benzene rings is 1. The summed E-state index contributed by atoms with van der Waals surface area (Å²) in [5.41, 5.74) is 0.806. The third kappa shape index (κ3) is 14.2. The molecule has 6 nitrogen and oxygen atoms in total. The van der Waals surface area contributed by atoms with Crippen LogP contribution in [0.1, 0.15) is 89.5 Å². The van der Waals surface area contributed by atoms with Gasteiger partial charge in [-0.3, -0.25) is 4.79 Å². The van der Waals surface area contributed by atoms with Crippen molar-refractivity contribution in [3.63, 3.8) is 0 Å². The summed E-state index contributed by atoms with van der Waals surface area (Å²) < 4.78 is 9.74. The normalized spacial score (nSPS) is 11.8. The Morgan fingerprint density at radius 3 is 2.03 bits per heavy atom. The molecule has 1 unspecified atom stereocenters. The van der Waals surface area contributed by atoms with E-state index in [-0.39, 0.29) is 6.61 Å². The zero-order valence-corrected chi connectivity index (χ0v) is 20.4. The number of alkyl carbamates (subject to hydrolysis) is 1. The molecule has 1 amide bonds. The van der Waals surface area contributed by atoms with E-state index in [4.69, 9.17) is 4.74 Å². The maximum atomic E-state index is 12.4. The summed E-state index contributed by atoms with van der Waals surface area (Å²) in [7, 11) is 1.18. The van der Waals surface area contributed by atoms with Crippen molar-refractivity contribution in [2.24, 2.45) is 0 Å². The van der Waals surface area contributed by atoms with Gasteiger partial charge in [0.2, 0.25) is 0 Å². The van der Waals surface area contributed by atoms with Crippen LogP contribution in [0.25, 0.3) is 0 Å². The zero-order valence-electron chi connectivity index (χ0n) is 20.4. The molecule has 0 spiro atoms. The van der Waals surface area contributed by atoms with E-state index in [1.807, 2.05) is 30.3 Å². The van der Waals surface area contributed by atoms with Crippen LogP contribution in [0.15, 0.2) is 42.5 Å². The lowest BCUT2D eigenvalue weighted by atomic mass is 10.0. The Balaban J connectivity index is 2.23. The first-order valence-corrected chi connectivity index (χ1v) is 12.3. The van der Waals surface area contributed by atoms with E-state index in [2.05, 4.69) is 17.0 Å². The minimum absolute atomic E-state index is 0.0451. The van der Waals surface area contributed by atoms with E-state index in [0.717, 1.165) is 24.8 Å². The fourth-order valence-corrected chi connectivity index (χ4v) is 3.47. The third-order valence-electron chi connectivity index (χ3n) is 5.45. The maximum Gasteiger partial charge on any atom is 0.408 e. The number of hydrogen-bond acceptors (Lipinski definition) is 5. The maximum absolute atomic E-state index is 12.4. The number of methoxy groups -OCH3 is 1. The van der Waals surface area contributed by atoms with Gasteiger partial charge in [0.25, 0.3) is 0 Å². The van der Waals surface area contributed by atoms with Gasteiger partial charge >= 0.3 is 12.1 Å². The van der Waals surface area contributed by atoms with Crippen molar-refractivity contribution in [3.8, 4) is 0 Å². The van der Waals surface area contributed by atoms with Gasteiger partial charge in [0.15, 0.2) is 11.8 Å². The fraction of sp³-hybridized carbons (Fsp3) is 0.593. The Morgan fingerprint density at radius 1 is 0.879 bits per heavy atom. The molecule has 0 fully saturated rings. The van der Waals surface area contributed by atoms with Gasteiger partial charge in [-0.1, -0.05) is 108 Å². The van der Waals surface area contributed by atoms with Crippen molar-refractivity contribution < 1.29 is 23.9 Å². The van der Waals surface area contributed by atoms with Gasteiger partial charge in [-0.25, -0.2) is 9.59 Å². The number of unbranched alkanes of at least 4 members (excludes halogenated alkanes) is 11. The number of ether oxygens (including phenoxy) is 2. The topological polar surface area (TPSA) is 81.7 Å². The standard InChI is InChI=1S/C27H41NO5/c1-3-4-5-6-7-8-9-10-11-12-13-14-18-21-24(29)25(26(30)32-2)28-27(31)33-22-23-19-16-15-17-20-23/h15-21,25H,3-14,22H2,1-2H3,(H,28,31)/b21-18+. The first-order chi connectivity index (χ1) is 16.1. The summed E-state index contributed by atoms with van der Waals surface area (Å²) in [6.45, 7) is 2.28. The van der Waals surface area contributed by atoms with E-state index in [1.165, 1.54) is 71.0 Å². The third-order valence-corrected chi connectivity index (χ3v) is 5.45. The van der Waals surface area contributed by atoms with Crippen molar-refractivity contribution in [2.45, 2.75) is 96.6 Å². The van der Waals surface area contributed by atoms with Crippen LogP contribution in [-0.2, 0) is 25.7 Å². The molecule has 1 atom stereocenters. The number of amides is 1. The Bertz CT molecular complexity index is 702. The number of allylic oxidation sites excluding steroid dienone is 1. The Kier molecular flexibility index (Phi) is 16.3. The highest BCUT2D eigenvalue weighted by Gasteiger charge is 2.28. The quantitative estimate of drug-likeness (QED) is 0.121. The molecular weight excluding hydrogens is 418 g/mol. The van der Waals surface area contributed by atoms with Crippen LogP contribution < -0.4 is 5.32 Å². The minimum atomic E-state index is -1.41. The van der Waals surface area contributed by atoms with Crippen LogP contribution in [0.2, 0.25) is 0 Å². The highest BCUT2D eigenvalue weighted by molar-refractivity contribution is 6.10. The average molecular weight is 460 g/mol. The van der Waals surface area contributed by atoms with E-state index >= 15 is 0 Å². The number of hydrogen-bond donors (Lipinski definition) is 1. The summed E-state index contributed by atoms with van der Waals surface area (Å²) >= 11 is 0. The smallest absolute Gasteiger partial charge is 0.408 e. The molecule has 0 heterocycles. The molecule has 1 aromatic carbocycles. The molecular formula is C27H41NO5. The molecule has 1 N–H and O–H groups in total. The molecule has 1 aromatic rings. The molecule has 0 aromatic heterocycles. The zero-order chi connectivity index (χ0) is 24.2. The molecule has 0 aliphatic rings. The Hall–Kier alpha value is -2.63. The number of carbonyl (C=O) groups excluding carboxylic acids is 3. The van der Waals surface area contributed by atoms with Gasteiger partial charge in [-0.05, 0) is 24.5 Å². The minimum Gasteiger partial charge on any atom is -0.467 e. The number of nitrogens with one attached hydrogen (secondary N) is 1. The van der Waals surface area contributed by atoms with Crippen LogP contribution in [0, 0.1) is 0 Å². The summed E-state index contributed by atoms with van der Waals surface area (Å²) in [6.07, 6.45) is 16.9. The molecule has 6 heteroatoms. The van der Waals surface area contributed by atoms with Crippen molar-refractivity contribution in [1.82, 2.24) is 5.32 Å². The van der Waals surface area contributed by atoms with Crippen molar-refractivity contribution in [2.75, 3.05) is 7.11 Å². The Labute approximate surface area is 199 Å². The predicted octanol–water partition coefficient (Wildman–Crippen LogP) is 6.28. The van der Waals surface area contributed by atoms with Gasteiger partial charge in [0, 0.05) is 0 Å². The van der Waals surface area contributed by atoms with E-state index < -0.39 is 23.9 Å². The number of rotatable bonds is 18. The summed E-state index contributed by atoms with van der Waals surface area (Å²) in [5, 5.41) is 2.30. The first kappa shape index (κ1) is 28.4.